The summed E-state index contributed by atoms with van der Waals surface area (Å²) in [5.41, 5.74) is 11.3. The Morgan fingerprint density at radius 1 is 1.04 bits per heavy atom. The predicted molar refractivity (Wildman–Crippen MR) is 183 cm³/mol. The van der Waals surface area contributed by atoms with E-state index in [0.717, 1.165) is 47.2 Å². The molecule has 3 N–H and O–H groups in total. The van der Waals surface area contributed by atoms with E-state index in [2.05, 4.69) is 27.0 Å². The normalized spacial score (nSPS) is 18.9. The molecule has 0 aromatic heterocycles. The smallest absolute Gasteiger partial charge is 0.410 e. The molecule has 2 aromatic rings. The molecule has 0 bridgehead atoms. The average Bonchev–Trinajstić information content (AvgIpc) is 3.23. The van der Waals surface area contributed by atoms with Gasteiger partial charge in [0.15, 0.2) is 6.10 Å². The number of nitrogens with two attached hydrogens (primary N) is 1. The summed E-state index contributed by atoms with van der Waals surface area (Å²) >= 11 is 0. The summed E-state index contributed by atoms with van der Waals surface area (Å²) in [6.45, 7) is 6.50. The number of piperidine rings is 2. The molecule has 2 fully saturated rings. The Morgan fingerprint density at radius 3 is 2.40 bits per heavy atom. The van der Waals surface area contributed by atoms with Crippen molar-refractivity contribution in [2.45, 2.75) is 70.6 Å². The van der Waals surface area contributed by atoms with E-state index >= 15 is 0 Å². The van der Waals surface area contributed by atoms with E-state index in [4.69, 9.17) is 10.5 Å². The monoisotopic (exact) mass is 661 g/mol. The Kier molecular flexibility index (Phi) is 11.3. The SMILES string of the molecule is Cc1cc(C[C@@H](OC(=O)N2CCC(N3CCc4ccccc4NC3=O)CC2)C(=O)N=C=C=NC2CCN(S(C)=O)CC2)cc(C)c1N. The Morgan fingerprint density at radius 2 is 1.72 bits per heavy atom. The lowest BCUT2D eigenvalue weighted by atomic mass is 10.00. The van der Waals surface area contributed by atoms with Gasteiger partial charge >= 0.3 is 12.1 Å². The van der Waals surface area contributed by atoms with Gasteiger partial charge < -0.3 is 25.6 Å². The number of aryl methyl sites for hydroxylation is 2. The van der Waals surface area contributed by atoms with Gasteiger partial charge in [-0.3, -0.25) is 4.79 Å². The Balaban J connectivity index is 1.22. The van der Waals surface area contributed by atoms with Crippen molar-refractivity contribution in [2.75, 3.05) is 50.0 Å². The molecule has 2 saturated heterocycles. The summed E-state index contributed by atoms with van der Waals surface area (Å²) in [6.07, 6.45) is 3.39. The number of benzene rings is 2. The van der Waals surface area contributed by atoms with Gasteiger partial charge in [-0.1, -0.05) is 30.3 Å². The van der Waals surface area contributed by atoms with Crippen LogP contribution in [0.15, 0.2) is 46.4 Å². The molecule has 5 rings (SSSR count). The zero-order valence-electron chi connectivity index (χ0n) is 27.2. The second-order valence-corrected chi connectivity index (χ2v) is 13.7. The number of ether oxygens (including phenoxy) is 1. The van der Waals surface area contributed by atoms with Crippen molar-refractivity contribution in [3.8, 4) is 0 Å². The van der Waals surface area contributed by atoms with Gasteiger partial charge in [0.25, 0.3) is 5.91 Å². The van der Waals surface area contributed by atoms with Crippen molar-refractivity contribution in [2.24, 2.45) is 9.98 Å². The highest BCUT2D eigenvalue weighted by atomic mass is 32.2. The van der Waals surface area contributed by atoms with E-state index in [0.29, 0.717) is 51.3 Å². The molecule has 2 atom stereocenters. The van der Waals surface area contributed by atoms with Crippen LogP contribution in [0.2, 0.25) is 0 Å². The maximum absolute atomic E-state index is 13.4. The first kappa shape index (κ1) is 34.1. The van der Waals surface area contributed by atoms with Crippen LogP contribution >= 0.6 is 0 Å². The van der Waals surface area contributed by atoms with Gasteiger partial charge in [-0.2, -0.15) is 4.99 Å². The third kappa shape index (κ3) is 8.75. The average molecular weight is 662 g/mol. The van der Waals surface area contributed by atoms with E-state index in [1.54, 1.807) is 11.2 Å². The minimum atomic E-state index is -1.19. The van der Waals surface area contributed by atoms with Gasteiger partial charge in [0.1, 0.15) is 0 Å². The summed E-state index contributed by atoms with van der Waals surface area (Å²) in [6, 6.07) is 11.4. The lowest BCUT2D eigenvalue weighted by molar-refractivity contribution is -0.126. The Bertz CT molecular complexity index is 1600. The van der Waals surface area contributed by atoms with E-state index in [1.165, 1.54) is 0 Å². The zero-order chi connectivity index (χ0) is 33.5. The molecule has 0 aliphatic carbocycles. The summed E-state index contributed by atoms with van der Waals surface area (Å²) in [4.78, 5) is 51.3. The molecule has 2 aromatic carbocycles. The molecule has 4 amide bonds. The van der Waals surface area contributed by atoms with Crippen LogP contribution in [0.4, 0.5) is 21.0 Å². The van der Waals surface area contributed by atoms with Gasteiger partial charge in [-0.15, -0.1) is 0 Å². The van der Waals surface area contributed by atoms with Gasteiger partial charge in [0, 0.05) is 62.8 Å². The molecule has 12 nitrogen and oxygen atoms in total. The van der Waals surface area contributed by atoms with Crippen LogP contribution < -0.4 is 11.1 Å². The lowest BCUT2D eigenvalue weighted by Crippen LogP contribution is -2.50. The fourth-order valence-electron chi connectivity index (χ4n) is 6.37. The van der Waals surface area contributed by atoms with E-state index < -0.39 is 29.1 Å². The van der Waals surface area contributed by atoms with Crippen molar-refractivity contribution in [1.82, 2.24) is 14.1 Å². The van der Waals surface area contributed by atoms with Crippen molar-refractivity contribution < 1.29 is 23.3 Å². The molecular weight excluding hydrogens is 618 g/mol. The summed E-state index contributed by atoms with van der Waals surface area (Å²) in [5, 5.41) is 3.02. The molecule has 0 radical (unpaired) electrons. The molecule has 1 unspecified atom stereocenters. The number of nitrogen functional groups attached to an aromatic ring is 1. The third-order valence-electron chi connectivity index (χ3n) is 9.15. The number of para-hydroxylation sites is 1. The number of anilines is 2. The van der Waals surface area contributed by atoms with Crippen LogP contribution in [0, 0.1) is 13.8 Å². The standard InChI is InChI=1S/C34H43N7O5S/c1-23-20-25(21-24(2)31(23)35)22-30(32(42)37-14-13-36-27-9-17-40(18-10-27)47(3)45)46-34(44)39-15-11-28(12-16-39)41-19-8-26-6-4-5-7-29(26)38-33(41)43/h4-7,20-21,27-28,30H,8-12,15-19,22,35H2,1-3H3,(H,38,43)/t30-,47?/m1/s1. The highest BCUT2D eigenvalue weighted by Gasteiger charge is 2.33. The molecule has 47 heavy (non-hydrogen) atoms. The van der Waals surface area contributed by atoms with Crippen molar-refractivity contribution in [3.05, 3.63) is 58.7 Å². The van der Waals surface area contributed by atoms with Crippen molar-refractivity contribution in [3.63, 3.8) is 0 Å². The first-order valence-corrected chi connectivity index (χ1v) is 17.6. The first-order valence-electron chi connectivity index (χ1n) is 16.1. The number of likely N-dealkylation sites (tertiary alicyclic amines) is 1. The molecule has 13 heteroatoms. The van der Waals surface area contributed by atoms with Gasteiger partial charge in [0.05, 0.1) is 28.8 Å². The minimum absolute atomic E-state index is 0.0133. The number of aliphatic imine (C=N–C) groups is 2. The van der Waals surface area contributed by atoms with Crippen molar-refractivity contribution in [1.29, 1.82) is 0 Å². The second kappa shape index (κ2) is 15.5. The fourth-order valence-corrected chi connectivity index (χ4v) is 7.10. The van der Waals surface area contributed by atoms with Gasteiger partial charge in [-0.25, -0.2) is 23.1 Å². The van der Waals surface area contributed by atoms with Gasteiger partial charge in [-0.05, 0) is 74.3 Å². The zero-order valence-corrected chi connectivity index (χ0v) is 28.1. The van der Waals surface area contributed by atoms with Crippen LogP contribution in [0.25, 0.3) is 0 Å². The number of hydrogen-bond donors (Lipinski definition) is 2. The number of carbonyl (C=O) groups excluding carboxylic acids is 3. The summed E-state index contributed by atoms with van der Waals surface area (Å²) in [5.74, 6) is 4.46. The van der Waals surface area contributed by atoms with Crippen LogP contribution in [0.5, 0.6) is 0 Å². The van der Waals surface area contributed by atoms with Gasteiger partial charge in [0.2, 0.25) is 0 Å². The fraction of sp³-hybridized carbons (Fsp3) is 0.500. The number of nitrogens with one attached hydrogen (secondary N) is 1. The number of hydrogen-bond acceptors (Lipinski definition) is 7. The van der Waals surface area contributed by atoms with E-state index in [1.807, 2.05) is 59.5 Å². The van der Waals surface area contributed by atoms with E-state index in [9.17, 15) is 18.6 Å². The van der Waals surface area contributed by atoms with Crippen LogP contribution in [-0.4, -0.2) is 105 Å². The number of carbonyl (C=O) groups is 3. The molecular formula is C34H43N7O5S. The third-order valence-corrected chi connectivity index (χ3v) is 10.2. The first-order chi connectivity index (χ1) is 22.6. The summed E-state index contributed by atoms with van der Waals surface area (Å²) < 4.78 is 19.4. The number of nitrogens with zero attached hydrogens (tertiary/aromatic N) is 5. The Labute approximate surface area is 278 Å². The maximum Gasteiger partial charge on any atom is 0.410 e. The number of fused-ring (bicyclic) bond motifs is 1. The molecule has 3 aliphatic heterocycles. The molecule has 0 saturated carbocycles. The number of rotatable bonds is 7. The Hall–Kier alpha value is -4.28. The topological polar surface area (TPSA) is 150 Å². The van der Waals surface area contributed by atoms with Crippen LogP contribution in [0.3, 0.4) is 0 Å². The lowest BCUT2D eigenvalue weighted by Gasteiger charge is -2.37. The minimum Gasteiger partial charge on any atom is -0.435 e. The van der Waals surface area contributed by atoms with Crippen LogP contribution in [-0.2, 0) is 33.4 Å². The van der Waals surface area contributed by atoms with Crippen LogP contribution in [0.1, 0.15) is 47.9 Å². The second-order valence-electron chi connectivity index (χ2n) is 12.4. The molecule has 0 spiro atoms. The summed E-state index contributed by atoms with van der Waals surface area (Å²) in [7, 11) is -1.00. The molecule has 250 valence electrons. The largest absolute Gasteiger partial charge is 0.435 e. The highest BCUT2D eigenvalue weighted by molar-refractivity contribution is 7.81. The molecule has 3 aliphatic rings. The quantitative estimate of drug-likeness (QED) is 0.342. The maximum atomic E-state index is 13.4. The van der Waals surface area contributed by atoms with Crippen molar-refractivity contribution >= 4 is 52.1 Å². The van der Waals surface area contributed by atoms with E-state index in [-0.39, 0.29) is 24.5 Å². The highest BCUT2D eigenvalue weighted by Crippen LogP contribution is 2.25. The molecule has 3 heterocycles. The number of urea groups is 1. The number of amides is 4. The predicted octanol–water partition coefficient (Wildman–Crippen LogP) is 3.67.